The first-order valence-electron chi connectivity index (χ1n) is 8.00. The van der Waals surface area contributed by atoms with Gasteiger partial charge in [0.15, 0.2) is 0 Å². The van der Waals surface area contributed by atoms with Crippen LogP contribution in [0.4, 0.5) is 0 Å². The molecule has 1 amide bonds. The molecule has 2 aromatic rings. The standard InChI is InChI=1S/C16H23N5O2S/c1-19(2)16(22)12-23-11-13-7-20(10-15-18-4-6-24-15)9-14-17-3-5-21(14)8-13/h3-6,13H,7-12H2,1-2H3/t13-/m1/s1. The summed E-state index contributed by atoms with van der Waals surface area (Å²) in [6, 6.07) is 0. The molecule has 3 heterocycles. The summed E-state index contributed by atoms with van der Waals surface area (Å²) in [7, 11) is 3.48. The molecule has 130 valence electrons. The predicted octanol–water partition coefficient (Wildman–Crippen LogP) is 1.08. The number of likely N-dealkylation sites (N-methyl/N-ethyl adjacent to an activating group) is 1. The maximum atomic E-state index is 11.7. The van der Waals surface area contributed by atoms with Gasteiger partial charge >= 0.3 is 0 Å². The zero-order valence-electron chi connectivity index (χ0n) is 14.1. The Hall–Kier alpha value is -1.77. The summed E-state index contributed by atoms with van der Waals surface area (Å²) in [5, 5.41) is 3.11. The minimum atomic E-state index is -0.00779. The number of amides is 1. The highest BCUT2D eigenvalue weighted by Gasteiger charge is 2.23. The van der Waals surface area contributed by atoms with Gasteiger partial charge < -0.3 is 14.2 Å². The van der Waals surface area contributed by atoms with Gasteiger partial charge in [0.2, 0.25) is 5.91 Å². The van der Waals surface area contributed by atoms with Gasteiger partial charge in [0.1, 0.15) is 17.4 Å². The van der Waals surface area contributed by atoms with Crippen molar-refractivity contribution in [3.8, 4) is 0 Å². The number of ether oxygens (including phenoxy) is 1. The number of imidazole rings is 1. The van der Waals surface area contributed by atoms with Crippen molar-refractivity contribution < 1.29 is 9.53 Å². The first kappa shape index (κ1) is 17.1. The Morgan fingerprint density at radius 1 is 1.38 bits per heavy atom. The van der Waals surface area contributed by atoms with Crippen LogP contribution in [0.25, 0.3) is 0 Å². The molecule has 0 N–H and O–H groups in total. The average molecular weight is 349 g/mol. The van der Waals surface area contributed by atoms with Gasteiger partial charge in [0.05, 0.1) is 19.7 Å². The molecule has 1 atom stereocenters. The Balaban J connectivity index is 1.62. The van der Waals surface area contributed by atoms with Gasteiger partial charge in [0, 0.05) is 57.1 Å². The number of aromatic nitrogens is 3. The number of carbonyl (C=O) groups excluding carboxylic acids is 1. The van der Waals surface area contributed by atoms with Crippen LogP contribution in [0.2, 0.25) is 0 Å². The monoisotopic (exact) mass is 349 g/mol. The first-order valence-corrected chi connectivity index (χ1v) is 8.88. The van der Waals surface area contributed by atoms with Crippen molar-refractivity contribution in [2.45, 2.75) is 19.6 Å². The number of carbonyl (C=O) groups is 1. The lowest BCUT2D eigenvalue weighted by atomic mass is 10.1. The van der Waals surface area contributed by atoms with E-state index in [1.807, 2.05) is 24.0 Å². The fraction of sp³-hybridized carbons (Fsp3) is 0.562. The Labute approximate surface area is 145 Å². The highest BCUT2D eigenvalue weighted by Crippen LogP contribution is 2.19. The Bertz CT molecular complexity index is 655. The number of nitrogens with zero attached hydrogens (tertiary/aromatic N) is 5. The van der Waals surface area contributed by atoms with Gasteiger partial charge in [-0.2, -0.15) is 0 Å². The maximum Gasteiger partial charge on any atom is 0.248 e. The van der Waals surface area contributed by atoms with Gasteiger partial charge in [-0.05, 0) is 0 Å². The summed E-state index contributed by atoms with van der Waals surface area (Å²) in [6.45, 7) is 4.08. The summed E-state index contributed by atoms with van der Waals surface area (Å²) in [4.78, 5) is 24.4. The van der Waals surface area contributed by atoms with Crippen LogP contribution in [0.15, 0.2) is 24.0 Å². The molecule has 0 aliphatic carbocycles. The van der Waals surface area contributed by atoms with E-state index in [9.17, 15) is 4.79 Å². The number of hydrogen-bond acceptors (Lipinski definition) is 6. The third kappa shape index (κ3) is 4.40. The topological polar surface area (TPSA) is 63.5 Å². The number of rotatable bonds is 6. The molecule has 0 saturated carbocycles. The molecule has 1 aliphatic rings. The number of fused-ring (bicyclic) bond motifs is 1. The summed E-state index contributed by atoms with van der Waals surface area (Å²) < 4.78 is 7.85. The highest BCUT2D eigenvalue weighted by molar-refractivity contribution is 7.09. The molecular formula is C16H23N5O2S. The largest absolute Gasteiger partial charge is 0.371 e. The molecule has 0 aromatic carbocycles. The molecule has 1 aliphatic heterocycles. The zero-order chi connectivity index (χ0) is 16.9. The Morgan fingerprint density at radius 2 is 2.25 bits per heavy atom. The fourth-order valence-corrected chi connectivity index (χ4v) is 3.47. The van der Waals surface area contributed by atoms with Gasteiger partial charge in [-0.1, -0.05) is 0 Å². The zero-order valence-corrected chi connectivity index (χ0v) is 14.9. The predicted molar refractivity (Wildman–Crippen MR) is 91.5 cm³/mol. The van der Waals surface area contributed by atoms with Gasteiger partial charge in [-0.3, -0.25) is 9.69 Å². The van der Waals surface area contributed by atoms with E-state index in [0.717, 1.165) is 37.0 Å². The number of thiazole rings is 1. The van der Waals surface area contributed by atoms with Crippen molar-refractivity contribution in [3.63, 3.8) is 0 Å². The van der Waals surface area contributed by atoms with Crippen LogP contribution >= 0.6 is 11.3 Å². The lowest BCUT2D eigenvalue weighted by Crippen LogP contribution is -2.32. The third-order valence-electron chi connectivity index (χ3n) is 4.06. The van der Waals surface area contributed by atoms with Crippen molar-refractivity contribution in [1.82, 2.24) is 24.3 Å². The summed E-state index contributed by atoms with van der Waals surface area (Å²) in [5.41, 5.74) is 0. The van der Waals surface area contributed by atoms with Crippen LogP contribution in [0.1, 0.15) is 10.8 Å². The minimum Gasteiger partial charge on any atom is -0.371 e. The van der Waals surface area contributed by atoms with Crippen LogP contribution in [-0.2, 0) is 29.2 Å². The molecule has 7 nitrogen and oxygen atoms in total. The smallest absolute Gasteiger partial charge is 0.248 e. The third-order valence-corrected chi connectivity index (χ3v) is 4.82. The molecule has 0 radical (unpaired) electrons. The molecule has 0 saturated heterocycles. The van der Waals surface area contributed by atoms with Crippen LogP contribution in [0, 0.1) is 5.92 Å². The second-order valence-electron chi connectivity index (χ2n) is 6.26. The normalized spacial score (nSPS) is 18.2. The highest BCUT2D eigenvalue weighted by atomic mass is 32.1. The van der Waals surface area contributed by atoms with Crippen molar-refractivity contribution in [2.24, 2.45) is 5.92 Å². The van der Waals surface area contributed by atoms with Gasteiger partial charge in [-0.25, -0.2) is 9.97 Å². The van der Waals surface area contributed by atoms with E-state index in [1.54, 1.807) is 30.3 Å². The minimum absolute atomic E-state index is 0.00779. The fourth-order valence-electron chi connectivity index (χ4n) is 2.81. The van der Waals surface area contributed by atoms with E-state index in [0.29, 0.717) is 12.5 Å². The second-order valence-corrected chi connectivity index (χ2v) is 7.24. The quantitative estimate of drug-likeness (QED) is 0.781. The van der Waals surface area contributed by atoms with E-state index in [2.05, 4.69) is 19.4 Å². The van der Waals surface area contributed by atoms with E-state index in [-0.39, 0.29) is 12.5 Å². The van der Waals surface area contributed by atoms with Gasteiger partial charge in [0.25, 0.3) is 0 Å². The molecular weight excluding hydrogens is 326 g/mol. The van der Waals surface area contributed by atoms with Crippen molar-refractivity contribution in [1.29, 1.82) is 0 Å². The molecule has 24 heavy (non-hydrogen) atoms. The van der Waals surface area contributed by atoms with Crippen LogP contribution in [-0.4, -0.2) is 64.1 Å². The van der Waals surface area contributed by atoms with Crippen LogP contribution in [0.3, 0.4) is 0 Å². The van der Waals surface area contributed by atoms with Crippen LogP contribution < -0.4 is 0 Å². The van der Waals surface area contributed by atoms with Crippen molar-refractivity contribution in [2.75, 3.05) is 33.9 Å². The maximum absolute atomic E-state index is 11.7. The first-order chi connectivity index (χ1) is 11.6. The van der Waals surface area contributed by atoms with E-state index < -0.39 is 0 Å². The molecule has 3 rings (SSSR count). The van der Waals surface area contributed by atoms with E-state index >= 15 is 0 Å². The summed E-state index contributed by atoms with van der Waals surface area (Å²) in [5.74, 6) is 1.38. The molecule has 2 aromatic heterocycles. The molecule has 8 heteroatoms. The Kier molecular flexibility index (Phi) is 5.60. The van der Waals surface area contributed by atoms with E-state index in [1.165, 1.54) is 0 Å². The second kappa shape index (κ2) is 7.87. The van der Waals surface area contributed by atoms with Crippen molar-refractivity contribution >= 4 is 17.2 Å². The molecule has 0 bridgehead atoms. The van der Waals surface area contributed by atoms with Gasteiger partial charge in [-0.15, -0.1) is 11.3 Å². The Morgan fingerprint density at radius 3 is 3.00 bits per heavy atom. The molecule has 0 unspecified atom stereocenters. The van der Waals surface area contributed by atoms with Crippen LogP contribution in [0.5, 0.6) is 0 Å². The summed E-state index contributed by atoms with van der Waals surface area (Å²) >= 11 is 1.67. The molecule has 0 fully saturated rings. The van der Waals surface area contributed by atoms with Crippen molar-refractivity contribution in [3.05, 3.63) is 34.8 Å². The number of hydrogen-bond donors (Lipinski definition) is 0. The lowest BCUT2D eigenvalue weighted by molar-refractivity contribution is -0.134. The lowest BCUT2D eigenvalue weighted by Gasteiger charge is -2.23. The average Bonchev–Trinajstić information content (AvgIpc) is 3.16. The van der Waals surface area contributed by atoms with E-state index in [4.69, 9.17) is 4.74 Å². The SMILES string of the molecule is CN(C)C(=O)COC[C@@H]1CN(Cc2nccs2)Cc2nccn2C1. The summed E-state index contributed by atoms with van der Waals surface area (Å²) in [6.07, 6.45) is 5.70. The molecule has 0 spiro atoms.